The number of amides is 4. The van der Waals surface area contributed by atoms with Crippen LogP contribution in [0.4, 0.5) is 9.59 Å². The fourth-order valence-electron chi connectivity index (χ4n) is 4.59. The second-order valence-corrected chi connectivity index (χ2v) is 14.0. The molecule has 0 unspecified atom stereocenters. The Morgan fingerprint density at radius 2 is 1.49 bits per heavy atom. The number of methoxy groups -OCH3 is 1. The number of carbonyl (C=O) groups is 5. The maximum Gasteiger partial charge on any atom is 0.437 e. The molecule has 0 radical (unpaired) electrons. The van der Waals surface area contributed by atoms with Gasteiger partial charge in [0, 0.05) is 13.5 Å². The number of hydrogen-bond acceptors (Lipinski definition) is 16. The number of nitrogens with one attached hydrogen (secondary N) is 4. The van der Waals surface area contributed by atoms with Gasteiger partial charge < -0.3 is 68.8 Å². The van der Waals surface area contributed by atoms with E-state index in [1.54, 1.807) is 41.5 Å². The van der Waals surface area contributed by atoms with Gasteiger partial charge in [-0.15, -0.1) is 11.4 Å². The summed E-state index contributed by atoms with van der Waals surface area (Å²) in [6.07, 6.45) is -0.752. The zero-order chi connectivity index (χ0) is 43.0. The van der Waals surface area contributed by atoms with E-state index < -0.39 is 96.5 Å². The first kappa shape index (κ1) is 50.5. The molecule has 1 heterocycles. The molecule has 0 spiro atoms. The minimum Gasteiger partial charge on any atom is -0.478 e. The van der Waals surface area contributed by atoms with Gasteiger partial charge in [-0.3, -0.25) is 14.9 Å². The van der Waals surface area contributed by atoms with Crippen LogP contribution in [-0.4, -0.2) is 167 Å². The van der Waals surface area contributed by atoms with E-state index in [-0.39, 0.29) is 33.0 Å². The van der Waals surface area contributed by atoms with Crippen molar-refractivity contribution in [2.24, 2.45) is 4.99 Å². The van der Waals surface area contributed by atoms with Gasteiger partial charge in [0.15, 0.2) is 6.10 Å². The van der Waals surface area contributed by atoms with Crippen molar-refractivity contribution < 1.29 is 76.8 Å². The van der Waals surface area contributed by atoms with Crippen molar-refractivity contribution in [1.82, 2.24) is 21.3 Å². The van der Waals surface area contributed by atoms with Crippen LogP contribution in [0, 0.1) is 12.3 Å². The van der Waals surface area contributed by atoms with Gasteiger partial charge >= 0.3 is 18.2 Å². The van der Waals surface area contributed by atoms with Crippen molar-refractivity contribution in [2.75, 3.05) is 79.7 Å². The molecule has 4 amide bonds. The molecule has 0 saturated carbocycles. The number of guanidine groups is 1. The first-order valence-electron chi connectivity index (χ1n) is 18.0. The lowest BCUT2D eigenvalue weighted by Crippen LogP contribution is -2.65. The summed E-state index contributed by atoms with van der Waals surface area (Å²) in [6.45, 7) is 11.6. The molecule has 21 nitrogen and oxygen atoms in total. The fraction of sp³-hybridized carbons (Fsp3) is 0.722. The van der Waals surface area contributed by atoms with Crippen LogP contribution in [0.1, 0.15) is 48.5 Å². The van der Waals surface area contributed by atoms with Gasteiger partial charge in [-0.05, 0) is 47.6 Å². The summed E-state index contributed by atoms with van der Waals surface area (Å²) in [7, 11) is 1.07. The third kappa shape index (κ3) is 22.7. The second-order valence-electron chi connectivity index (χ2n) is 14.0. The van der Waals surface area contributed by atoms with E-state index in [1.807, 2.05) is 0 Å². The van der Waals surface area contributed by atoms with Crippen LogP contribution >= 0.6 is 0 Å². The molecule has 1 rings (SSSR count). The summed E-state index contributed by atoms with van der Waals surface area (Å²) in [6, 6.07) is -2.58. The van der Waals surface area contributed by atoms with Crippen LogP contribution in [0.25, 0.3) is 0 Å². The highest BCUT2D eigenvalue weighted by molar-refractivity contribution is 5.99. The number of aliphatic hydroxyl groups excluding tert-OH is 2. The molecule has 0 fully saturated rings. The van der Waals surface area contributed by atoms with E-state index >= 15 is 0 Å². The predicted octanol–water partition coefficient (Wildman–Crippen LogP) is -0.725. The molecule has 57 heavy (non-hydrogen) atoms. The van der Waals surface area contributed by atoms with E-state index in [0.29, 0.717) is 26.4 Å². The summed E-state index contributed by atoms with van der Waals surface area (Å²) in [5.41, 5.74) is -1.94. The zero-order valence-electron chi connectivity index (χ0n) is 33.9. The smallest absolute Gasteiger partial charge is 0.437 e. The molecule has 324 valence electrons. The predicted molar refractivity (Wildman–Crippen MR) is 200 cm³/mol. The molecule has 0 aromatic heterocycles. The quantitative estimate of drug-likeness (QED) is 0.0196. The highest BCUT2D eigenvalue weighted by atomic mass is 16.6. The van der Waals surface area contributed by atoms with E-state index in [1.165, 1.54) is 0 Å². The molecule has 0 saturated heterocycles. The van der Waals surface area contributed by atoms with Crippen molar-refractivity contribution in [3.63, 3.8) is 0 Å². The minimum absolute atomic E-state index is 0.0796. The molecule has 0 aromatic carbocycles. The molecular weight excluding hydrogens is 758 g/mol. The standard InChI is InChI=1S/C36H59N5O16/c1-10-12-50-14-16-52-18-19-53-17-15-51-13-11-37-27(45)22-54-29(25(44)21-42)30-28(38-23(2)43)24(20-26(55-30)31(46)49-9)39-32(40-33(47)56-35(3,4)5)41-34(48)57-36(6,7)8/h1,20,24-25,28-30,42,44H,11-19,21-22H2,2-9H3,(H,37,45)(H,38,43)(H2,39,40,41,47,48)/t24-,25+,28+,29+,30+/m0/s1. The number of terminal acetylenes is 1. The first-order chi connectivity index (χ1) is 26.8. The molecule has 0 bridgehead atoms. The number of carbonyl (C=O) groups excluding carboxylic acids is 5. The number of nitrogens with zero attached hydrogens (tertiary/aromatic N) is 1. The third-order valence-electron chi connectivity index (χ3n) is 6.78. The second kappa shape index (κ2) is 26.4. The average Bonchev–Trinajstić information content (AvgIpc) is 3.10. The summed E-state index contributed by atoms with van der Waals surface area (Å²) >= 11 is 0. The number of rotatable bonds is 22. The van der Waals surface area contributed by atoms with Crippen molar-refractivity contribution >= 4 is 35.9 Å². The first-order valence-corrected chi connectivity index (χ1v) is 18.0. The number of aliphatic hydroxyl groups is 2. The Labute approximate surface area is 332 Å². The van der Waals surface area contributed by atoms with Crippen LogP contribution in [0.3, 0.4) is 0 Å². The highest BCUT2D eigenvalue weighted by Crippen LogP contribution is 2.26. The van der Waals surface area contributed by atoms with Crippen LogP contribution in [0.15, 0.2) is 16.8 Å². The molecule has 0 aliphatic carbocycles. The van der Waals surface area contributed by atoms with Gasteiger partial charge in [0.2, 0.25) is 23.5 Å². The Balaban J connectivity index is 3.11. The summed E-state index contributed by atoms with van der Waals surface area (Å²) < 4.78 is 48.3. The Morgan fingerprint density at radius 1 is 0.912 bits per heavy atom. The maximum absolute atomic E-state index is 12.8. The summed E-state index contributed by atoms with van der Waals surface area (Å²) in [4.78, 5) is 67.4. The normalized spacial score (nSPS) is 18.1. The molecule has 1 aliphatic rings. The van der Waals surface area contributed by atoms with Crippen molar-refractivity contribution in [3.8, 4) is 12.3 Å². The maximum atomic E-state index is 12.8. The Morgan fingerprint density at radius 3 is 2.02 bits per heavy atom. The van der Waals surface area contributed by atoms with E-state index in [9.17, 15) is 34.2 Å². The van der Waals surface area contributed by atoms with E-state index in [2.05, 4.69) is 32.2 Å². The number of hydrogen-bond donors (Lipinski definition) is 6. The molecular formula is C36H59N5O16. The number of esters is 1. The van der Waals surface area contributed by atoms with Crippen LogP contribution in [0.5, 0.6) is 0 Å². The van der Waals surface area contributed by atoms with Gasteiger partial charge in [-0.1, -0.05) is 5.92 Å². The largest absolute Gasteiger partial charge is 0.478 e. The lowest BCUT2D eigenvalue weighted by molar-refractivity contribution is -0.160. The number of aliphatic imine (C=N–C) groups is 1. The molecule has 0 aromatic rings. The lowest BCUT2D eigenvalue weighted by Gasteiger charge is -2.41. The van der Waals surface area contributed by atoms with Crippen LogP contribution in [-0.2, 0) is 57.0 Å². The van der Waals surface area contributed by atoms with E-state index in [0.717, 1.165) is 20.1 Å². The molecule has 21 heteroatoms. The van der Waals surface area contributed by atoms with Gasteiger partial charge in [-0.2, -0.15) is 0 Å². The number of alkyl carbamates (subject to hydrolysis) is 1. The van der Waals surface area contributed by atoms with Gasteiger partial charge in [0.1, 0.15) is 36.6 Å². The molecule has 5 atom stereocenters. The number of ether oxygens (including phenoxy) is 9. The zero-order valence-corrected chi connectivity index (χ0v) is 33.9. The summed E-state index contributed by atoms with van der Waals surface area (Å²) in [5.74, 6) is -0.910. The SMILES string of the molecule is C#CCOCCOCCOCCOCCNC(=O)CO[C@@H]([C@@H]1OC(C(=O)OC)=C[C@H](N/C(=N/C(=O)OC(C)(C)C)NC(=O)OC(C)(C)C)[C@H]1NC(C)=O)[C@H](O)CO. The Bertz CT molecular complexity index is 1390. The van der Waals surface area contributed by atoms with Crippen molar-refractivity contribution in [1.29, 1.82) is 0 Å². The average molecular weight is 818 g/mol. The Kier molecular flexibility index (Phi) is 23.3. The third-order valence-corrected chi connectivity index (χ3v) is 6.78. The minimum atomic E-state index is -1.73. The lowest BCUT2D eigenvalue weighted by atomic mass is 9.91. The van der Waals surface area contributed by atoms with Gasteiger partial charge in [0.05, 0.1) is 72.0 Å². The van der Waals surface area contributed by atoms with Gasteiger partial charge in [0.25, 0.3) is 0 Å². The van der Waals surface area contributed by atoms with Crippen LogP contribution in [0.2, 0.25) is 0 Å². The highest BCUT2D eigenvalue weighted by Gasteiger charge is 2.46. The van der Waals surface area contributed by atoms with Crippen molar-refractivity contribution in [3.05, 3.63) is 11.8 Å². The molecule has 1 aliphatic heterocycles. The summed E-state index contributed by atoms with van der Waals surface area (Å²) in [5, 5.41) is 31.1. The topological polar surface area (TPSA) is 269 Å². The monoisotopic (exact) mass is 817 g/mol. The van der Waals surface area contributed by atoms with Crippen LogP contribution < -0.4 is 21.3 Å². The van der Waals surface area contributed by atoms with Crippen molar-refractivity contribution in [2.45, 2.75) is 90.1 Å². The van der Waals surface area contributed by atoms with E-state index in [4.69, 9.17) is 49.1 Å². The molecule has 6 N–H and O–H groups in total. The fourth-order valence-corrected chi connectivity index (χ4v) is 4.59. The van der Waals surface area contributed by atoms with Gasteiger partial charge in [-0.25, -0.2) is 14.4 Å². The Hall–Kier alpha value is -4.56.